The van der Waals surface area contributed by atoms with Crippen LogP contribution in [0.25, 0.3) is 0 Å². The van der Waals surface area contributed by atoms with Gasteiger partial charge in [-0.3, -0.25) is 4.79 Å². The smallest absolute Gasteiger partial charge is 0.258 e. The van der Waals surface area contributed by atoms with E-state index < -0.39 is 0 Å². The molecule has 19 heavy (non-hydrogen) atoms. The lowest BCUT2D eigenvalue weighted by Gasteiger charge is -2.14. The van der Waals surface area contributed by atoms with E-state index in [4.69, 9.17) is 9.84 Å². The van der Waals surface area contributed by atoms with Crippen LogP contribution in [0.4, 0.5) is 0 Å². The van der Waals surface area contributed by atoms with Gasteiger partial charge in [-0.25, -0.2) is 0 Å². The highest BCUT2D eigenvalue weighted by Crippen LogP contribution is 2.34. The van der Waals surface area contributed by atoms with Gasteiger partial charge in [0.15, 0.2) is 6.61 Å². The Morgan fingerprint density at radius 3 is 2.47 bits per heavy atom. The molecule has 0 spiro atoms. The lowest BCUT2D eigenvalue weighted by molar-refractivity contribution is -0.123. The molecule has 1 aromatic rings. The van der Waals surface area contributed by atoms with Gasteiger partial charge in [0.05, 0.1) is 15.6 Å². The Morgan fingerprint density at radius 2 is 2.00 bits per heavy atom. The van der Waals surface area contributed by atoms with Gasteiger partial charge in [0.25, 0.3) is 5.91 Å². The van der Waals surface area contributed by atoms with E-state index >= 15 is 0 Å². The molecule has 0 saturated heterocycles. The molecule has 1 aromatic carbocycles. The third-order valence-electron chi connectivity index (χ3n) is 2.61. The zero-order valence-corrected chi connectivity index (χ0v) is 14.0. The third-order valence-corrected chi connectivity index (χ3v) is 3.79. The molecule has 1 atom stereocenters. The van der Waals surface area contributed by atoms with Gasteiger partial charge in [-0.1, -0.05) is 6.92 Å². The molecule has 6 heteroatoms. The molecule has 0 aliphatic rings. The van der Waals surface area contributed by atoms with E-state index in [0.717, 1.165) is 12.0 Å². The highest BCUT2D eigenvalue weighted by molar-refractivity contribution is 9.11. The number of benzene rings is 1. The molecule has 0 aliphatic carbocycles. The number of halogens is 2. The molecule has 1 amide bonds. The van der Waals surface area contributed by atoms with E-state index in [1.165, 1.54) is 0 Å². The maximum Gasteiger partial charge on any atom is 0.258 e. The molecule has 0 fully saturated rings. The van der Waals surface area contributed by atoms with Crippen LogP contribution >= 0.6 is 31.9 Å². The molecule has 1 unspecified atom stereocenters. The maximum absolute atomic E-state index is 11.6. The average molecular weight is 395 g/mol. The molecule has 0 aliphatic heterocycles. The van der Waals surface area contributed by atoms with Crippen LogP contribution in [0.3, 0.4) is 0 Å². The van der Waals surface area contributed by atoms with Gasteiger partial charge in [0.1, 0.15) is 5.75 Å². The van der Waals surface area contributed by atoms with E-state index in [2.05, 4.69) is 37.2 Å². The first-order chi connectivity index (χ1) is 8.97. The van der Waals surface area contributed by atoms with Crippen LogP contribution in [0, 0.1) is 0 Å². The second kappa shape index (κ2) is 7.87. The Morgan fingerprint density at radius 1 is 1.42 bits per heavy atom. The number of hydrogen-bond donors (Lipinski definition) is 2. The zero-order valence-electron chi connectivity index (χ0n) is 10.9. The molecule has 0 bridgehead atoms. The van der Waals surface area contributed by atoms with E-state index in [-0.39, 0.29) is 25.2 Å². The summed E-state index contributed by atoms with van der Waals surface area (Å²) in [5, 5.41) is 11.9. The number of amides is 1. The van der Waals surface area contributed by atoms with Crippen molar-refractivity contribution in [1.29, 1.82) is 0 Å². The minimum Gasteiger partial charge on any atom is -0.481 e. The third kappa shape index (κ3) is 5.12. The first kappa shape index (κ1) is 16.5. The van der Waals surface area contributed by atoms with Crippen LogP contribution in [0.15, 0.2) is 21.1 Å². The summed E-state index contributed by atoms with van der Waals surface area (Å²) >= 11 is 6.71. The maximum atomic E-state index is 11.6. The highest BCUT2D eigenvalue weighted by Gasteiger charge is 2.12. The molecular formula is C13H17Br2NO3. The van der Waals surface area contributed by atoms with Gasteiger partial charge in [0.2, 0.25) is 0 Å². The number of hydrogen-bond acceptors (Lipinski definition) is 3. The van der Waals surface area contributed by atoms with Crippen molar-refractivity contribution in [3.05, 3.63) is 26.6 Å². The molecule has 4 nitrogen and oxygen atoms in total. The summed E-state index contributed by atoms with van der Waals surface area (Å²) in [6, 6.07) is 3.65. The zero-order chi connectivity index (χ0) is 14.4. The predicted octanol–water partition coefficient (Wildman–Crippen LogP) is 3.00. The van der Waals surface area contributed by atoms with Crippen LogP contribution in [0.5, 0.6) is 5.75 Å². The number of aliphatic hydroxyl groups is 1. The molecule has 0 saturated carbocycles. The van der Waals surface area contributed by atoms with Crippen molar-refractivity contribution < 1.29 is 14.6 Å². The Balaban J connectivity index is 2.65. The summed E-state index contributed by atoms with van der Waals surface area (Å²) in [4.78, 5) is 11.6. The summed E-state index contributed by atoms with van der Waals surface area (Å²) in [5.74, 6) is 0.399. The second-order valence-corrected chi connectivity index (χ2v) is 5.92. The predicted molar refractivity (Wildman–Crippen MR) is 81.2 cm³/mol. The topological polar surface area (TPSA) is 58.6 Å². The molecule has 106 valence electrons. The van der Waals surface area contributed by atoms with Gasteiger partial charge in [0, 0.05) is 6.04 Å². The first-order valence-electron chi connectivity index (χ1n) is 5.98. The first-order valence-corrected chi connectivity index (χ1v) is 7.57. The van der Waals surface area contributed by atoms with Crippen LogP contribution in [0.1, 0.15) is 25.8 Å². The summed E-state index contributed by atoms with van der Waals surface area (Å²) in [6.45, 7) is 3.86. The lowest BCUT2D eigenvalue weighted by Crippen LogP contribution is -2.35. The van der Waals surface area contributed by atoms with Crippen molar-refractivity contribution >= 4 is 37.8 Å². The van der Waals surface area contributed by atoms with Crippen LogP contribution in [-0.4, -0.2) is 23.7 Å². The Kier molecular flexibility index (Phi) is 6.82. The van der Waals surface area contributed by atoms with Gasteiger partial charge < -0.3 is 15.2 Å². The number of carbonyl (C=O) groups is 1. The Bertz CT molecular complexity index is 429. The average Bonchev–Trinajstić information content (AvgIpc) is 2.37. The molecular weight excluding hydrogens is 378 g/mol. The fraction of sp³-hybridized carbons (Fsp3) is 0.462. The van der Waals surface area contributed by atoms with Crippen molar-refractivity contribution in [2.75, 3.05) is 6.61 Å². The minimum atomic E-state index is -0.153. The summed E-state index contributed by atoms with van der Waals surface area (Å²) in [5.41, 5.74) is 0.759. The van der Waals surface area contributed by atoms with E-state index in [1.807, 2.05) is 13.8 Å². The van der Waals surface area contributed by atoms with Crippen LogP contribution < -0.4 is 10.1 Å². The quantitative estimate of drug-likeness (QED) is 0.779. The number of aliphatic hydroxyl groups excluding tert-OH is 1. The molecule has 0 radical (unpaired) electrons. The molecule has 2 N–H and O–H groups in total. The summed E-state index contributed by atoms with van der Waals surface area (Å²) in [6.07, 6.45) is 0.879. The van der Waals surface area contributed by atoms with Gasteiger partial charge in [-0.15, -0.1) is 0 Å². The van der Waals surface area contributed by atoms with Crippen LogP contribution in [0.2, 0.25) is 0 Å². The number of nitrogens with one attached hydrogen (secondary N) is 1. The monoisotopic (exact) mass is 393 g/mol. The largest absolute Gasteiger partial charge is 0.481 e. The number of rotatable bonds is 6. The second-order valence-electron chi connectivity index (χ2n) is 4.21. The highest BCUT2D eigenvalue weighted by atomic mass is 79.9. The van der Waals surface area contributed by atoms with Gasteiger partial charge >= 0.3 is 0 Å². The molecule has 0 aromatic heterocycles. The minimum absolute atomic E-state index is 0.0417. The fourth-order valence-electron chi connectivity index (χ4n) is 1.40. The summed E-state index contributed by atoms with van der Waals surface area (Å²) in [7, 11) is 0. The van der Waals surface area contributed by atoms with Crippen molar-refractivity contribution in [2.24, 2.45) is 0 Å². The normalized spacial score (nSPS) is 12.1. The van der Waals surface area contributed by atoms with E-state index in [0.29, 0.717) is 14.7 Å². The van der Waals surface area contributed by atoms with Crippen molar-refractivity contribution in [3.63, 3.8) is 0 Å². The van der Waals surface area contributed by atoms with Crippen molar-refractivity contribution in [3.8, 4) is 5.75 Å². The molecule has 0 heterocycles. The molecule has 1 rings (SSSR count). The van der Waals surface area contributed by atoms with Gasteiger partial charge in [-0.2, -0.15) is 0 Å². The summed E-state index contributed by atoms with van der Waals surface area (Å²) < 4.78 is 6.88. The fourth-order valence-corrected chi connectivity index (χ4v) is 2.91. The van der Waals surface area contributed by atoms with Crippen molar-refractivity contribution in [2.45, 2.75) is 32.9 Å². The van der Waals surface area contributed by atoms with Gasteiger partial charge in [-0.05, 0) is 62.9 Å². The van der Waals surface area contributed by atoms with E-state index in [9.17, 15) is 4.79 Å². The lowest BCUT2D eigenvalue weighted by atomic mass is 10.2. The van der Waals surface area contributed by atoms with E-state index in [1.54, 1.807) is 12.1 Å². The number of ether oxygens (including phenoxy) is 1. The SMILES string of the molecule is CCC(C)NC(=O)COc1c(Br)cc(CO)cc1Br. The van der Waals surface area contributed by atoms with Crippen LogP contribution in [-0.2, 0) is 11.4 Å². The Hall–Kier alpha value is -0.590. The number of carbonyl (C=O) groups excluding carboxylic acids is 1. The standard InChI is InChI=1S/C13H17Br2NO3/c1-3-8(2)16-12(18)7-19-13-10(14)4-9(6-17)5-11(13)15/h4-5,8,17H,3,6-7H2,1-2H3,(H,16,18). The van der Waals surface area contributed by atoms with Crippen molar-refractivity contribution in [1.82, 2.24) is 5.32 Å². The Labute approximate surface area is 129 Å².